The highest BCUT2D eigenvalue weighted by atomic mass is 35.5. The molecule has 2 aromatic rings. The second kappa shape index (κ2) is 8.41. The van der Waals surface area contributed by atoms with Crippen LogP contribution in [0.2, 0.25) is 5.02 Å². The first-order chi connectivity index (χ1) is 12.5. The summed E-state index contributed by atoms with van der Waals surface area (Å²) in [5.41, 5.74) is 1.46. The second-order valence-electron chi connectivity index (χ2n) is 6.71. The van der Waals surface area contributed by atoms with E-state index < -0.39 is 0 Å². The van der Waals surface area contributed by atoms with Crippen LogP contribution < -0.4 is 15.0 Å². The van der Waals surface area contributed by atoms with Gasteiger partial charge in [-0.1, -0.05) is 11.6 Å². The fourth-order valence-corrected chi connectivity index (χ4v) is 3.18. The number of nitrogens with zero attached hydrogens (tertiary/aromatic N) is 2. The van der Waals surface area contributed by atoms with Crippen LogP contribution in [-0.4, -0.2) is 30.1 Å². The molecule has 3 rings (SSSR count). The highest BCUT2D eigenvalue weighted by molar-refractivity contribution is 6.31. The lowest BCUT2D eigenvalue weighted by Gasteiger charge is -2.17. The number of hydrogen-bond acceptors (Lipinski definition) is 4. The fraction of sp³-hybridized carbons (Fsp3) is 0.400. The molecule has 1 aromatic heterocycles. The predicted molar refractivity (Wildman–Crippen MR) is 104 cm³/mol. The molecule has 0 atom stereocenters. The SMILES string of the molecule is CC(C)Oc1ccc(Cl)cc1C(=O)NCc1ccnc(N2CCCC2)c1. The normalized spacial score (nSPS) is 13.9. The van der Waals surface area contributed by atoms with E-state index in [0.29, 0.717) is 22.9 Å². The lowest BCUT2D eigenvalue weighted by atomic mass is 10.1. The Bertz CT molecular complexity index is 773. The lowest BCUT2D eigenvalue weighted by molar-refractivity contribution is 0.0945. The molecule has 0 radical (unpaired) electrons. The van der Waals surface area contributed by atoms with Crippen molar-refractivity contribution in [1.82, 2.24) is 10.3 Å². The molecule has 1 N–H and O–H groups in total. The molecule has 138 valence electrons. The third kappa shape index (κ3) is 4.67. The Hall–Kier alpha value is -2.27. The number of aromatic nitrogens is 1. The van der Waals surface area contributed by atoms with Crippen LogP contribution in [-0.2, 0) is 6.54 Å². The molecule has 0 bridgehead atoms. The van der Waals surface area contributed by atoms with Gasteiger partial charge in [0.25, 0.3) is 5.91 Å². The van der Waals surface area contributed by atoms with E-state index in [4.69, 9.17) is 16.3 Å². The van der Waals surface area contributed by atoms with Crippen LogP contribution in [0.4, 0.5) is 5.82 Å². The number of carbonyl (C=O) groups excluding carboxylic acids is 1. The molecule has 1 aliphatic rings. The van der Waals surface area contributed by atoms with Crippen molar-refractivity contribution in [2.24, 2.45) is 0 Å². The summed E-state index contributed by atoms with van der Waals surface area (Å²) in [5.74, 6) is 1.30. The first-order valence-corrected chi connectivity index (χ1v) is 9.35. The van der Waals surface area contributed by atoms with Crippen molar-refractivity contribution in [3.05, 3.63) is 52.7 Å². The third-order valence-corrected chi connectivity index (χ3v) is 4.48. The fourth-order valence-electron chi connectivity index (χ4n) is 3.00. The van der Waals surface area contributed by atoms with Crippen LogP contribution >= 0.6 is 11.6 Å². The van der Waals surface area contributed by atoms with E-state index in [9.17, 15) is 4.79 Å². The van der Waals surface area contributed by atoms with Crippen molar-refractivity contribution < 1.29 is 9.53 Å². The largest absolute Gasteiger partial charge is 0.490 e. The summed E-state index contributed by atoms with van der Waals surface area (Å²) in [6, 6.07) is 9.05. The van der Waals surface area contributed by atoms with Crippen molar-refractivity contribution in [2.75, 3.05) is 18.0 Å². The van der Waals surface area contributed by atoms with Crippen molar-refractivity contribution in [3.63, 3.8) is 0 Å². The number of amides is 1. The Morgan fingerprint density at radius 2 is 2.04 bits per heavy atom. The van der Waals surface area contributed by atoms with Crippen molar-refractivity contribution >= 4 is 23.3 Å². The molecule has 1 amide bonds. The smallest absolute Gasteiger partial charge is 0.255 e. The molecule has 1 fully saturated rings. The molecular weight excluding hydrogens is 350 g/mol. The number of hydrogen-bond donors (Lipinski definition) is 1. The van der Waals surface area contributed by atoms with E-state index in [2.05, 4.69) is 15.2 Å². The minimum Gasteiger partial charge on any atom is -0.490 e. The van der Waals surface area contributed by atoms with Gasteiger partial charge in [0.15, 0.2) is 0 Å². The maximum atomic E-state index is 12.6. The Balaban J connectivity index is 1.69. The van der Waals surface area contributed by atoms with Crippen LogP contribution in [0, 0.1) is 0 Å². The number of pyridine rings is 1. The van der Waals surface area contributed by atoms with Gasteiger partial charge in [-0.05, 0) is 62.6 Å². The third-order valence-electron chi connectivity index (χ3n) is 4.24. The monoisotopic (exact) mass is 373 g/mol. The number of ether oxygens (including phenoxy) is 1. The number of anilines is 1. The number of nitrogens with one attached hydrogen (secondary N) is 1. The molecule has 26 heavy (non-hydrogen) atoms. The van der Waals surface area contributed by atoms with Crippen LogP contribution in [0.15, 0.2) is 36.5 Å². The van der Waals surface area contributed by atoms with Gasteiger partial charge in [0.2, 0.25) is 0 Å². The Morgan fingerprint density at radius 1 is 1.27 bits per heavy atom. The predicted octanol–water partition coefficient (Wildman–Crippen LogP) is 4.05. The minimum absolute atomic E-state index is 0.0223. The summed E-state index contributed by atoms with van der Waals surface area (Å²) in [4.78, 5) is 19.4. The Labute approximate surface area is 159 Å². The zero-order valence-electron chi connectivity index (χ0n) is 15.2. The minimum atomic E-state index is -0.206. The van der Waals surface area contributed by atoms with E-state index in [0.717, 1.165) is 24.5 Å². The molecule has 0 saturated carbocycles. The molecule has 0 aliphatic carbocycles. The Morgan fingerprint density at radius 3 is 2.77 bits per heavy atom. The van der Waals surface area contributed by atoms with E-state index in [1.54, 1.807) is 24.4 Å². The number of rotatable bonds is 6. The standard InChI is InChI=1S/C20H24ClN3O2/c1-14(2)26-18-6-5-16(21)12-17(18)20(25)23-13-15-7-8-22-19(11-15)24-9-3-4-10-24/h5-8,11-12,14H,3-4,9-10,13H2,1-2H3,(H,23,25). The molecule has 2 heterocycles. The van der Waals surface area contributed by atoms with Gasteiger partial charge in [-0.3, -0.25) is 4.79 Å². The van der Waals surface area contributed by atoms with Crippen LogP contribution in [0.3, 0.4) is 0 Å². The molecule has 0 spiro atoms. The summed E-state index contributed by atoms with van der Waals surface area (Å²) in [7, 11) is 0. The number of carbonyl (C=O) groups is 1. The first-order valence-electron chi connectivity index (χ1n) is 8.97. The second-order valence-corrected chi connectivity index (χ2v) is 7.14. The average Bonchev–Trinajstić information content (AvgIpc) is 3.16. The quantitative estimate of drug-likeness (QED) is 0.829. The topological polar surface area (TPSA) is 54.5 Å². The van der Waals surface area contributed by atoms with Gasteiger partial charge in [0.05, 0.1) is 11.7 Å². The van der Waals surface area contributed by atoms with Gasteiger partial charge in [0, 0.05) is 30.9 Å². The van der Waals surface area contributed by atoms with E-state index >= 15 is 0 Å². The molecule has 1 saturated heterocycles. The van der Waals surface area contributed by atoms with Crippen LogP contribution in [0.1, 0.15) is 42.6 Å². The number of halogens is 1. The highest BCUT2D eigenvalue weighted by Gasteiger charge is 2.16. The summed E-state index contributed by atoms with van der Waals surface area (Å²) in [6.45, 7) is 6.36. The van der Waals surface area contributed by atoms with Gasteiger partial charge in [-0.2, -0.15) is 0 Å². The van der Waals surface area contributed by atoms with Crippen molar-refractivity contribution in [3.8, 4) is 5.75 Å². The zero-order valence-corrected chi connectivity index (χ0v) is 15.9. The summed E-state index contributed by atoms with van der Waals surface area (Å²) >= 11 is 6.06. The molecule has 1 aromatic carbocycles. The van der Waals surface area contributed by atoms with Gasteiger partial charge in [0.1, 0.15) is 11.6 Å². The van der Waals surface area contributed by atoms with Gasteiger partial charge in [-0.25, -0.2) is 4.98 Å². The van der Waals surface area contributed by atoms with Crippen molar-refractivity contribution in [1.29, 1.82) is 0 Å². The molecule has 1 aliphatic heterocycles. The molecular formula is C20H24ClN3O2. The summed E-state index contributed by atoms with van der Waals surface area (Å²) in [6.07, 6.45) is 4.18. The molecule has 0 unspecified atom stereocenters. The van der Waals surface area contributed by atoms with Gasteiger partial charge >= 0.3 is 0 Å². The van der Waals surface area contributed by atoms with Crippen LogP contribution in [0.5, 0.6) is 5.75 Å². The van der Waals surface area contributed by atoms with E-state index in [1.807, 2.05) is 26.0 Å². The summed E-state index contributed by atoms with van der Waals surface area (Å²) in [5, 5.41) is 3.46. The zero-order chi connectivity index (χ0) is 18.5. The maximum Gasteiger partial charge on any atom is 0.255 e. The van der Waals surface area contributed by atoms with Gasteiger partial charge < -0.3 is 15.0 Å². The van der Waals surface area contributed by atoms with Crippen LogP contribution in [0.25, 0.3) is 0 Å². The van der Waals surface area contributed by atoms with Gasteiger partial charge in [-0.15, -0.1) is 0 Å². The van der Waals surface area contributed by atoms with Crippen molar-refractivity contribution in [2.45, 2.75) is 39.3 Å². The van der Waals surface area contributed by atoms with E-state index in [1.165, 1.54) is 12.8 Å². The Kier molecular flexibility index (Phi) is 5.99. The molecule has 5 nitrogen and oxygen atoms in total. The van der Waals surface area contributed by atoms with E-state index in [-0.39, 0.29) is 12.0 Å². The summed E-state index contributed by atoms with van der Waals surface area (Å²) < 4.78 is 5.72. The number of benzene rings is 1. The highest BCUT2D eigenvalue weighted by Crippen LogP contribution is 2.24. The first kappa shape index (κ1) is 18.5. The molecule has 6 heteroatoms. The average molecular weight is 374 g/mol. The maximum absolute atomic E-state index is 12.6. The lowest BCUT2D eigenvalue weighted by Crippen LogP contribution is -2.24.